The summed E-state index contributed by atoms with van der Waals surface area (Å²) in [6.45, 7) is 0. The van der Waals surface area contributed by atoms with Gasteiger partial charge in [0.25, 0.3) is 0 Å². The number of carboxylic acids is 1. The maximum atomic E-state index is 11.1. The molecule has 0 spiro atoms. The van der Waals surface area contributed by atoms with Gasteiger partial charge in [-0.2, -0.15) is 9.36 Å². The Balaban J connectivity index is 2.13. The van der Waals surface area contributed by atoms with Crippen LogP contribution in [-0.4, -0.2) is 38.7 Å². The molecule has 0 saturated carbocycles. The molecule has 2 rings (SSSR count). The predicted octanol–water partition coefficient (Wildman–Crippen LogP) is 0.630. The van der Waals surface area contributed by atoms with Gasteiger partial charge < -0.3 is 15.3 Å². The summed E-state index contributed by atoms with van der Waals surface area (Å²) in [6.07, 6.45) is 5.61. The van der Waals surface area contributed by atoms with Crippen LogP contribution in [0.5, 0.6) is 0 Å². The number of carbonyl (C=O) groups is 2. The number of rotatable bonds is 6. The summed E-state index contributed by atoms with van der Waals surface area (Å²) in [5.41, 5.74) is -0.393. The molecule has 8 nitrogen and oxygen atoms in total. The molecule has 1 aromatic heterocycles. The number of aliphatic carboxylic acids is 1. The highest BCUT2D eigenvalue weighted by Crippen LogP contribution is 2.15. The standard InChI is InChI=1S/C10H10N4O4S/c15-5-11-10-12-8(14-19-10)7(9(16)17)13-18-6-3-1-2-4-6/h1,3,5-6H,2,4H2,(H,16,17)(H,11,12,14,15). The van der Waals surface area contributed by atoms with Gasteiger partial charge in [-0.1, -0.05) is 11.2 Å². The maximum Gasteiger partial charge on any atom is 0.362 e. The number of nitrogens with one attached hydrogen (secondary N) is 1. The van der Waals surface area contributed by atoms with Gasteiger partial charge in [0.1, 0.15) is 6.10 Å². The molecule has 19 heavy (non-hydrogen) atoms. The lowest BCUT2D eigenvalue weighted by molar-refractivity contribution is -0.129. The highest BCUT2D eigenvalue weighted by atomic mass is 32.1. The average molecular weight is 282 g/mol. The molecule has 1 amide bonds. The van der Waals surface area contributed by atoms with Crippen LogP contribution < -0.4 is 5.32 Å². The third-order valence-corrected chi connectivity index (χ3v) is 2.92. The van der Waals surface area contributed by atoms with Gasteiger partial charge in [-0.05, 0) is 18.9 Å². The Morgan fingerprint density at radius 3 is 3.16 bits per heavy atom. The minimum absolute atomic E-state index is 0.0937. The van der Waals surface area contributed by atoms with Crippen molar-refractivity contribution >= 4 is 34.8 Å². The molecule has 100 valence electrons. The minimum Gasteiger partial charge on any atom is -0.476 e. The Labute approximate surface area is 112 Å². The number of carbonyl (C=O) groups excluding carboxylic acids is 1. The van der Waals surface area contributed by atoms with Gasteiger partial charge >= 0.3 is 5.97 Å². The quantitative estimate of drug-likeness (QED) is 0.342. The predicted molar refractivity (Wildman–Crippen MR) is 67.0 cm³/mol. The number of hydrogen-bond acceptors (Lipinski definition) is 7. The molecule has 0 saturated heterocycles. The van der Waals surface area contributed by atoms with E-state index < -0.39 is 11.7 Å². The van der Waals surface area contributed by atoms with E-state index in [2.05, 4.69) is 19.8 Å². The van der Waals surface area contributed by atoms with Crippen LogP contribution in [0.2, 0.25) is 0 Å². The van der Waals surface area contributed by atoms with E-state index in [1.165, 1.54) is 0 Å². The molecular weight excluding hydrogens is 272 g/mol. The Morgan fingerprint density at radius 2 is 2.53 bits per heavy atom. The second-order valence-corrected chi connectivity index (χ2v) is 4.33. The second kappa shape index (κ2) is 6.05. The lowest BCUT2D eigenvalue weighted by Crippen LogP contribution is -2.18. The van der Waals surface area contributed by atoms with Gasteiger partial charge in [0.05, 0.1) is 0 Å². The number of oxime groups is 1. The number of amides is 1. The molecule has 1 aromatic rings. The first-order chi connectivity index (χ1) is 9.20. The van der Waals surface area contributed by atoms with E-state index in [9.17, 15) is 9.59 Å². The van der Waals surface area contributed by atoms with E-state index in [-0.39, 0.29) is 17.1 Å². The average Bonchev–Trinajstić information content (AvgIpc) is 3.01. The zero-order chi connectivity index (χ0) is 13.7. The number of anilines is 1. The third-order valence-electron chi connectivity index (χ3n) is 2.27. The van der Waals surface area contributed by atoms with E-state index in [1.807, 2.05) is 12.2 Å². The Morgan fingerprint density at radius 1 is 1.68 bits per heavy atom. The van der Waals surface area contributed by atoms with Gasteiger partial charge in [0.15, 0.2) is 0 Å². The van der Waals surface area contributed by atoms with Crippen molar-refractivity contribution in [2.75, 3.05) is 5.32 Å². The Bertz CT molecular complexity index is 539. The SMILES string of the molecule is O=CNc1nc(C(=NOC2C=CCC2)C(=O)O)ns1. The zero-order valence-electron chi connectivity index (χ0n) is 9.65. The summed E-state index contributed by atoms with van der Waals surface area (Å²) in [5, 5.41) is 15.1. The van der Waals surface area contributed by atoms with Crippen molar-refractivity contribution in [2.45, 2.75) is 18.9 Å². The fourth-order valence-corrected chi connectivity index (χ4v) is 1.95. The van der Waals surface area contributed by atoms with Crippen LogP contribution in [0.15, 0.2) is 17.3 Å². The fraction of sp³-hybridized carbons (Fsp3) is 0.300. The normalized spacial score (nSPS) is 18.3. The lowest BCUT2D eigenvalue weighted by Gasteiger charge is -2.05. The number of nitrogens with zero attached hydrogens (tertiary/aromatic N) is 3. The highest BCUT2D eigenvalue weighted by Gasteiger charge is 2.20. The van der Waals surface area contributed by atoms with Gasteiger partial charge in [0, 0.05) is 11.5 Å². The van der Waals surface area contributed by atoms with Crippen molar-refractivity contribution in [3.05, 3.63) is 18.0 Å². The summed E-state index contributed by atoms with van der Waals surface area (Å²) < 4.78 is 3.80. The summed E-state index contributed by atoms with van der Waals surface area (Å²) in [5.74, 6) is -1.39. The van der Waals surface area contributed by atoms with Gasteiger partial charge in [0.2, 0.25) is 23.1 Å². The molecule has 0 aromatic carbocycles. The molecule has 0 radical (unpaired) electrons. The van der Waals surface area contributed by atoms with Crippen LogP contribution in [0.3, 0.4) is 0 Å². The zero-order valence-corrected chi connectivity index (χ0v) is 10.5. The molecule has 1 heterocycles. The van der Waals surface area contributed by atoms with Gasteiger partial charge in [-0.3, -0.25) is 4.79 Å². The molecular formula is C10H10N4O4S. The van der Waals surface area contributed by atoms with Crippen LogP contribution in [0, 0.1) is 0 Å². The Hall–Kier alpha value is -2.29. The van der Waals surface area contributed by atoms with Crippen molar-refractivity contribution in [3.8, 4) is 0 Å². The number of carboxylic acid groups (broad SMARTS) is 1. The van der Waals surface area contributed by atoms with Crippen molar-refractivity contribution < 1.29 is 19.5 Å². The van der Waals surface area contributed by atoms with Crippen LogP contribution in [0.25, 0.3) is 0 Å². The molecule has 0 fully saturated rings. The molecule has 1 unspecified atom stereocenters. The van der Waals surface area contributed by atoms with E-state index >= 15 is 0 Å². The molecule has 2 N–H and O–H groups in total. The number of allylic oxidation sites excluding steroid dienone is 1. The number of aromatic nitrogens is 2. The smallest absolute Gasteiger partial charge is 0.362 e. The first-order valence-corrected chi connectivity index (χ1v) is 6.16. The summed E-state index contributed by atoms with van der Waals surface area (Å²) in [4.78, 5) is 30.2. The minimum atomic E-state index is -1.29. The maximum absolute atomic E-state index is 11.1. The van der Waals surface area contributed by atoms with E-state index in [4.69, 9.17) is 9.94 Å². The van der Waals surface area contributed by atoms with Gasteiger partial charge in [-0.25, -0.2) is 4.79 Å². The van der Waals surface area contributed by atoms with Crippen molar-refractivity contribution in [2.24, 2.45) is 5.16 Å². The molecule has 1 aliphatic carbocycles. The van der Waals surface area contributed by atoms with E-state index in [0.717, 1.165) is 24.4 Å². The van der Waals surface area contributed by atoms with Crippen molar-refractivity contribution in [1.29, 1.82) is 0 Å². The highest BCUT2D eigenvalue weighted by molar-refractivity contribution is 7.10. The van der Waals surface area contributed by atoms with Crippen LogP contribution >= 0.6 is 11.5 Å². The summed E-state index contributed by atoms with van der Waals surface area (Å²) >= 11 is 0.861. The molecule has 1 aliphatic rings. The fourth-order valence-electron chi connectivity index (χ4n) is 1.42. The second-order valence-electron chi connectivity index (χ2n) is 3.58. The third kappa shape index (κ3) is 3.35. The van der Waals surface area contributed by atoms with E-state index in [1.54, 1.807) is 0 Å². The van der Waals surface area contributed by atoms with Crippen LogP contribution in [0.4, 0.5) is 5.13 Å². The topological polar surface area (TPSA) is 114 Å². The van der Waals surface area contributed by atoms with Crippen molar-refractivity contribution in [3.63, 3.8) is 0 Å². The van der Waals surface area contributed by atoms with Crippen LogP contribution in [-0.2, 0) is 14.4 Å². The lowest BCUT2D eigenvalue weighted by atomic mass is 10.3. The molecule has 9 heteroatoms. The molecule has 0 aliphatic heterocycles. The number of hydrogen-bond donors (Lipinski definition) is 2. The summed E-state index contributed by atoms with van der Waals surface area (Å²) in [7, 11) is 0. The van der Waals surface area contributed by atoms with Crippen molar-refractivity contribution in [1.82, 2.24) is 9.36 Å². The Kier molecular flexibility index (Phi) is 4.18. The van der Waals surface area contributed by atoms with E-state index in [0.29, 0.717) is 6.41 Å². The largest absolute Gasteiger partial charge is 0.476 e. The van der Waals surface area contributed by atoms with Crippen LogP contribution in [0.1, 0.15) is 18.7 Å². The van der Waals surface area contributed by atoms with Gasteiger partial charge in [-0.15, -0.1) is 0 Å². The first kappa shape index (κ1) is 13.1. The summed E-state index contributed by atoms with van der Waals surface area (Å²) in [6, 6.07) is 0. The first-order valence-electron chi connectivity index (χ1n) is 5.38. The monoisotopic (exact) mass is 282 g/mol. The molecule has 0 bridgehead atoms. The molecule has 1 atom stereocenters.